The van der Waals surface area contributed by atoms with Gasteiger partial charge in [0.15, 0.2) is 0 Å². The molecule has 3 heterocycles. The van der Waals surface area contributed by atoms with Gasteiger partial charge in [-0.3, -0.25) is 9.97 Å². The number of nitrogens with zero attached hydrogens (tertiary/aromatic N) is 5. The first-order valence-electron chi connectivity index (χ1n) is 13.6. The summed E-state index contributed by atoms with van der Waals surface area (Å²) in [5.41, 5.74) is 1.15. The molecule has 1 fully saturated rings. The quantitative estimate of drug-likeness (QED) is 0.521. The van der Waals surface area contributed by atoms with Crippen molar-refractivity contribution in [1.29, 1.82) is 0 Å². The average Bonchev–Trinajstić information content (AvgIpc) is 2.87. The first-order valence-corrected chi connectivity index (χ1v) is 9.59. The van der Waals surface area contributed by atoms with Gasteiger partial charge in [0.05, 0.1) is 46.7 Å². The predicted octanol–water partition coefficient (Wildman–Crippen LogP) is 3.45. The average molecular weight is 440 g/mol. The third-order valence-corrected chi connectivity index (χ3v) is 5.03. The Kier molecular flexibility index (Phi) is 3.52. The molecule has 0 saturated carbocycles. The summed E-state index contributed by atoms with van der Waals surface area (Å²) in [4.78, 5) is 17.0. The van der Waals surface area contributed by atoms with Crippen molar-refractivity contribution in [3.8, 4) is 11.3 Å². The van der Waals surface area contributed by atoms with E-state index < -0.39 is 38.0 Å². The van der Waals surface area contributed by atoms with Crippen LogP contribution in [0.25, 0.3) is 22.2 Å². The van der Waals surface area contributed by atoms with E-state index in [4.69, 9.17) is 11.0 Å². The van der Waals surface area contributed by atoms with Crippen molar-refractivity contribution in [2.24, 2.45) is 0 Å². The Labute approximate surface area is 195 Å². The maximum Gasteiger partial charge on any atom is 0.132 e. The number of aliphatic hydroxyl groups is 1. The molecule has 0 amide bonds. The summed E-state index contributed by atoms with van der Waals surface area (Å²) < 4.78 is 84.5. The van der Waals surface area contributed by atoms with Crippen LogP contribution in [-0.2, 0) is 4.74 Å². The Morgan fingerprint density at radius 3 is 2.69 bits per heavy atom. The van der Waals surface area contributed by atoms with Crippen LogP contribution in [0.15, 0.2) is 55.1 Å². The van der Waals surface area contributed by atoms with Crippen LogP contribution < -0.4 is 4.90 Å². The SMILES string of the molecule is [2H]C1([2H])OC([2H])([2H])C([2H])([2H])N(c2ccc3c(-c4cc(C(O)c5nccnc5C)ccc4F)ncnc3c2)C1([2H])[2H]. The highest BCUT2D eigenvalue weighted by atomic mass is 19.1. The summed E-state index contributed by atoms with van der Waals surface area (Å²) in [7, 11) is 0. The van der Waals surface area contributed by atoms with Crippen molar-refractivity contribution in [2.45, 2.75) is 13.0 Å². The Bertz CT molecular complexity index is 1600. The summed E-state index contributed by atoms with van der Waals surface area (Å²) in [5.74, 6) is -0.655. The fourth-order valence-corrected chi connectivity index (χ4v) is 3.46. The van der Waals surface area contributed by atoms with E-state index in [1.807, 2.05) is 0 Å². The monoisotopic (exact) mass is 439 g/mol. The minimum Gasteiger partial charge on any atom is -0.382 e. The van der Waals surface area contributed by atoms with Crippen LogP contribution in [0.4, 0.5) is 10.1 Å². The molecule has 2 aromatic carbocycles. The number of aryl methyl sites for hydroxylation is 1. The molecule has 162 valence electrons. The number of benzene rings is 2. The molecule has 32 heavy (non-hydrogen) atoms. The fraction of sp³-hybridized carbons (Fsp3) is 0.250. The van der Waals surface area contributed by atoms with Gasteiger partial charge in [0.1, 0.15) is 18.2 Å². The molecular weight excluding hydrogens is 409 g/mol. The molecule has 0 spiro atoms. The molecule has 2 aromatic heterocycles. The van der Waals surface area contributed by atoms with Gasteiger partial charge in [-0.15, -0.1) is 0 Å². The van der Waals surface area contributed by atoms with E-state index in [0.29, 0.717) is 21.9 Å². The zero-order valence-electron chi connectivity index (χ0n) is 24.7. The Morgan fingerprint density at radius 1 is 1.06 bits per heavy atom. The normalized spacial score (nSPS) is 25.2. The van der Waals surface area contributed by atoms with Crippen LogP contribution in [0.5, 0.6) is 0 Å². The van der Waals surface area contributed by atoms with Gasteiger partial charge < -0.3 is 14.7 Å². The number of hydrogen-bond acceptors (Lipinski definition) is 7. The van der Waals surface area contributed by atoms with Crippen LogP contribution in [0.2, 0.25) is 0 Å². The van der Waals surface area contributed by atoms with Crippen LogP contribution >= 0.6 is 0 Å². The van der Waals surface area contributed by atoms with Gasteiger partial charge in [0.2, 0.25) is 0 Å². The highest BCUT2D eigenvalue weighted by molar-refractivity contribution is 5.94. The van der Waals surface area contributed by atoms with Gasteiger partial charge in [-0.25, -0.2) is 14.4 Å². The van der Waals surface area contributed by atoms with E-state index in [0.717, 1.165) is 6.33 Å². The lowest BCUT2D eigenvalue weighted by Crippen LogP contribution is -2.36. The van der Waals surface area contributed by atoms with Crippen molar-refractivity contribution >= 4 is 16.6 Å². The molecule has 5 rings (SSSR count). The van der Waals surface area contributed by atoms with Gasteiger partial charge in [0.25, 0.3) is 0 Å². The Hall–Kier alpha value is -3.49. The molecule has 1 N–H and O–H groups in total. The molecule has 0 aliphatic carbocycles. The number of ether oxygens (including phenoxy) is 1. The van der Waals surface area contributed by atoms with Crippen molar-refractivity contribution in [3.05, 3.63) is 77.9 Å². The number of hydrogen-bond donors (Lipinski definition) is 1. The highest BCUT2D eigenvalue weighted by Gasteiger charge is 2.19. The van der Waals surface area contributed by atoms with E-state index in [1.54, 1.807) is 6.92 Å². The van der Waals surface area contributed by atoms with Gasteiger partial charge in [0, 0.05) is 42.0 Å². The molecule has 0 bridgehead atoms. The molecule has 1 aliphatic rings. The number of aromatic nitrogens is 4. The smallest absolute Gasteiger partial charge is 0.132 e. The van der Waals surface area contributed by atoms with Crippen molar-refractivity contribution in [1.82, 2.24) is 19.9 Å². The standard InChI is InChI=1S/C24H22FN5O2/c1-15-22(27-7-6-26-15)24(31)16-2-5-20(25)19(12-16)23-18-4-3-17(13-21(18)28-14-29-23)30-8-10-32-11-9-30/h2-7,12-14,24,31H,8-11H2,1H3/i8D2,9D2,10D2,11D2. The molecule has 4 aromatic rings. The van der Waals surface area contributed by atoms with Crippen LogP contribution in [0, 0.1) is 12.7 Å². The van der Waals surface area contributed by atoms with Crippen molar-refractivity contribution in [3.63, 3.8) is 0 Å². The number of aliphatic hydroxyl groups excluding tert-OH is 1. The summed E-state index contributed by atoms with van der Waals surface area (Å²) in [6.45, 7) is -11.0. The Morgan fingerprint density at radius 2 is 1.88 bits per heavy atom. The third kappa shape index (κ3) is 3.79. The molecular formula is C24H22FN5O2. The van der Waals surface area contributed by atoms with Gasteiger partial charge >= 0.3 is 0 Å². The van der Waals surface area contributed by atoms with E-state index in [2.05, 4.69) is 24.7 Å². The third-order valence-electron chi connectivity index (χ3n) is 5.03. The second kappa shape index (κ2) is 8.57. The van der Waals surface area contributed by atoms with Gasteiger partial charge in [-0.1, -0.05) is 6.07 Å². The molecule has 7 nitrogen and oxygen atoms in total. The number of rotatable bonds is 4. The lowest BCUT2D eigenvalue weighted by molar-refractivity contribution is 0.122. The molecule has 1 saturated heterocycles. The minimum absolute atomic E-state index is 0.0166. The maximum absolute atomic E-state index is 15.1. The fourth-order valence-electron chi connectivity index (χ4n) is 3.46. The number of fused-ring (bicyclic) bond motifs is 1. The molecule has 8 heteroatoms. The number of morpholine rings is 1. The Balaban J connectivity index is 1.62. The molecule has 0 radical (unpaired) electrons. The van der Waals surface area contributed by atoms with E-state index in [9.17, 15) is 5.11 Å². The summed E-state index contributed by atoms with van der Waals surface area (Å²) in [6, 6.07) is 7.83. The zero-order valence-corrected chi connectivity index (χ0v) is 16.7. The summed E-state index contributed by atoms with van der Waals surface area (Å²) in [5, 5.41) is 11.2. The highest BCUT2D eigenvalue weighted by Crippen LogP contribution is 2.33. The first-order chi connectivity index (χ1) is 18.6. The number of halogens is 1. The van der Waals surface area contributed by atoms with Crippen molar-refractivity contribution in [2.75, 3.05) is 31.0 Å². The topological polar surface area (TPSA) is 84.3 Å². The summed E-state index contributed by atoms with van der Waals surface area (Å²) in [6.07, 6.45) is 2.84. The molecule has 1 aliphatic heterocycles. The predicted molar refractivity (Wildman–Crippen MR) is 119 cm³/mol. The first kappa shape index (κ1) is 13.1. The van der Waals surface area contributed by atoms with Gasteiger partial charge in [-0.2, -0.15) is 0 Å². The van der Waals surface area contributed by atoms with Gasteiger partial charge in [-0.05, 0) is 42.8 Å². The zero-order chi connectivity index (χ0) is 29.3. The van der Waals surface area contributed by atoms with Crippen molar-refractivity contribution < 1.29 is 25.2 Å². The van der Waals surface area contributed by atoms with E-state index in [1.165, 1.54) is 48.8 Å². The molecule has 1 unspecified atom stereocenters. The van der Waals surface area contributed by atoms with E-state index >= 15 is 4.39 Å². The largest absolute Gasteiger partial charge is 0.382 e. The number of anilines is 1. The maximum atomic E-state index is 15.1. The van der Waals surface area contributed by atoms with Crippen LogP contribution in [0.3, 0.4) is 0 Å². The second-order valence-corrected chi connectivity index (χ2v) is 6.96. The molecule has 1 atom stereocenters. The van der Waals surface area contributed by atoms with E-state index in [-0.39, 0.29) is 27.8 Å². The summed E-state index contributed by atoms with van der Waals surface area (Å²) >= 11 is 0. The van der Waals surface area contributed by atoms with Crippen LogP contribution in [-0.4, -0.2) is 51.2 Å². The lowest BCUT2D eigenvalue weighted by Gasteiger charge is -2.29. The lowest BCUT2D eigenvalue weighted by atomic mass is 9.98. The van der Waals surface area contributed by atoms with Crippen LogP contribution in [0.1, 0.15) is 34.0 Å². The second-order valence-electron chi connectivity index (χ2n) is 6.96. The minimum atomic E-state index is -3.22.